The number of alkyl halides is 5. The van der Waals surface area contributed by atoms with Gasteiger partial charge in [0.15, 0.2) is 11.5 Å². The number of nitrogens with two attached hydrogens (primary N) is 1. The summed E-state index contributed by atoms with van der Waals surface area (Å²) in [5.41, 5.74) is 5.55. The quantitative estimate of drug-likeness (QED) is 0.171. The first-order chi connectivity index (χ1) is 23.2. The molecular formula is C34H28F7N7O. The van der Waals surface area contributed by atoms with Crippen LogP contribution in [0, 0.1) is 17.6 Å². The predicted octanol–water partition coefficient (Wildman–Crippen LogP) is 7.05. The molecule has 2 aromatic carbocycles. The summed E-state index contributed by atoms with van der Waals surface area (Å²) in [5, 5.41) is 11.1. The number of benzene rings is 2. The first kappa shape index (κ1) is 32.3. The molecule has 2 aliphatic rings. The Morgan fingerprint density at radius 2 is 1.84 bits per heavy atom. The van der Waals surface area contributed by atoms with Crippen LogP contribution in [0.4, 0.5) is 36.6 Å². The molecule has 3 N–H and O–H groups in total. The van der Waals surface area contributed by atoms with Gasteiger partial charge >= 0.3 is 6.18 Å². The summed E-state index contributed by atoms with van der Waals surface area (Å²) in [7, 11) is 1.68. The molecule has 49 heavy (non-hydrogen) atoms. The molecule has 3 heterocycles. The summed E-state index contributed by atoms with van der Waals surface area (Å²) in [4.78, 5) is 18.4. The molecule has 1 saturated carbocycles. The van der Waals surface area contributed by atoms with Crippen molar-refractivity contribution in [1.82, 2.24) is 29.9 Å². The zero-order valence-electron chi connectivity index (χ0n) is 25.8. The van der Waals surface area contributed by atoms with Gasteiger partial charge in [-0.05, 0) is 61.1 Å². The van der Waals surface area contributed by atoms with Crippen LogP contribution in [0.1, 0.15) is 58.7 Å². The smallest absolute Gasteiger partial charge is 0.382 e. The van der Waals surface area contributed by atoms with Crippen molar-refractivity contribution in [3.63, 3.8) is 0 Å². The van der Waals surface area contributed by atoms with E-state index in [0.717, 1.165) is 12.1 Å². The Morgan fingerprint density at radius 1 is 1.10 bits per heavy atom. The van der Waals surface area contributed by atoms with E-state index in [0.29, 0.717) is 38.5 Å². The van der Waals surface area contributed by atoms with Crippen molar-refractivity contribution in [1.29, 1.82) is 0 Å². The zero-order valence-corrected chi connectivity index (χ0v) is 25.8. The fourth-order valence-electron chi connectivity index (χ4n) is 7.19. The Hall–Kier alpha value is -5.21. The molecule has 3 aromatic heterocycles. The SMILES string of the molecule is C=Cc1ccc(-c2cccc3c(N)nn(C)c23)c([C@H](Cc2cc(F)cc(F)c2)NC(=O)Cn2nc(C(F)(F)F)c3c2C(F)(F)[C@@H]2CC[C@H]32)n1. The van der Waals surface area contributed by atoms with Gasteiger partial charge in [0.2, 0.25) is 5.91 Å². The highest BCUT2D eigenvalue weighted by Gasteiger charge is 2.63. The number of aromatic nitrogens is 5. The lowest BCUT2D eigenvalue weighted by atomic mass is 9.73. The Balaban J connectivity index is 1.33. The van der Waals surface area contributed by atoms with Crippen LogP contribution in [0.3, 0.4) is 0 Å². The van der Waals surface area contributed by atoms with E-state index in [9.17, 15) is 26.7 Å². The summed E-state index contributed by atoms with van der Waals surface area (Å²) in [6, 6.07) is 10.3. The van der Waals surface area contributed by atoms with Crippen molar-refractivity contribution in [3.05, 3.63) is 101 Å². The fraction of sp³-hybridized carbons (Fsp3) is 0.294. The second kappa shape index (κ2) is 11.4. The molecule has 0 saturated heterocycles. The minimum atomic E-state index is -5.02. The van der Waals surface area contributed by atoms with Gasteiger partial charge in [0, 0.05) is 41.1 Å². The molecular weight excluding hydrogens is 655 g/mol. The van der Waals surface area contributed by atoms with Gasteiger partial charge in [-0.1, -0.05) is 24.8 Å². The number of halogens is 7. The maximum Gasteiger partial charge on any atom is 0.435 e. The van der Waals surface area contributed by atoms with Crippen molar-refractivity contribution in [2.24, 2.45) is 13.0 Å². The molecule has 1 amide bonds. The van der Waals surface area contributed by atoms with Crippen molar-refractivity contribution >= 4 is 28.7 Å². The maximum atomic E-state index is 15.5. The summed E-state index contributed by atoms with van der Waals surface area (Å²) in [5.74, 6) is -8.42. The van der Waals surface area contributed by atoms with Gasteiger partial charge in [0.05, 0.1) is 22.9 Å². The number of carbonyl (C=O) groups excluding carboxylic acids is 1. The first-order valence-electron chi connectivity index (χ1n) is 15.3. The van der Waals surface area contributed by atoms with Crippen molar-refractivity contribution in [3.8, 4) is 11.1 Å². The van der Waals surface area contributed by atoms with Gasteiger partial charge in [-0.3, -0.25) is 19.1 Å². The minimum absolute atomic E-state index is 0.0469. The number of fused-ring (bicyclic) bond motifs is 4. The molecule has 7 rings (SSSR count). The predicted molar refractivity (Wildman–Crippen MR) is 166 cm³/mol. The van der Waals surface area contributed by atoms with Gasteiger partial charge in [-0.2, -0.15) is 32.1 Å². The van der Waals surface area contributed by atoms with Crippen LogP contribution in [0.25, 0.3) is 28.1 Å². The van der Waals surface area contributed by atoms with E-state index in [1.165, 1.54) is 6.08 Å². The second-order valence-electron chi connectivity index (χ2n) is 12.4. The van der Waals surface area contributed by atoms with Crippen LogP contribution in [0.5, 0.6) is 0 Å². The number of nitrogen functional groups attached to an aromatic ring is 1. The molecule has 15 heteroatoms. The average molecular weight is 684 g/mol. The third kappa shape index (κ3) is 5.40. The van der Waals surface area contributed by atoms with Crippen LogP contribution in [-0.2, 0) is 36.9 Å². The molecule has 0 bridgehead atoms. The maximum absolute atomic E-state index is 15.5. The van der Waals surface area contributed by atoms with Crippen LogP contribution in [-0.4, -0.2) is 30.5 Å². The molecule has 2 aliphatic carbocycles. The molecule has 254 valence electrons. The Bertz CT molecular complexity index is 2130. The molecule has 0 aliphatic heterocycles. The third-order valence-corrected chi connectivity index (χ3v) is 9.34. The van der Waals surface area contributed by atoms with E-state index in [4.69, 9.17) is 5.73 Å². The number of anilines is 1. The number of hydrogen-bond donors (Lipinski definition) is 2. The van der Waals surface area contributed by atoms with Crippen LogP contribution in [0.15, 0.2) is 55.1 Å². The summed E-state index contributed by atoms with van der Waals surface area (Å²) < 4.78 is 104. The average Bonchev–Trinajstić information content (AvgIpc) is 3.56. The van der Waals surface area contributed by atoms with Crippen LogP contribution >= 0.6 is 0 Å². The van der Waals surface area contributed by atoms with E-state index in [1.54, 1.807) is 42.1 Å². The van der Waals surface area contributed by atoms with E-state index < -0.39 is 71.0 Å². The molecule has 0 radical (unpaired) electrons. The largest absolute Gasteiger partial charge is 0.435 e. The van der Waals surface area contributed by atoms with Gasteiger partial charge in [0.25, 0.3) is 5.92 Å². The van der Waals surface area contributed by atoms with Gasteiger partial charge in [0.1, 0.15) is 23.9 Å². The highest BCUT2D eigenvalue weighted by atomic mass is 19.4. The van der Waals surface area contributed by atoms with Crippen LogP contribution in [0.2, 0.25) is 0 Å². The Morgan fingerprint density at radius 3 is 2.49 bits per heavy atom. The highest BCUT2D eigenvalue weighted by molar-refractivity contribution is 6.00. The highest BCUT2D eigenvalue weighted by Crippen LogP contribution is 2.64. The van der Waals surface area contributed by atoms with Gasteiger partial charge in [-0.25, -0.2) is 8.78 Å². The standard InChI is InChI=1S/C34H28F7N7O/c1-3-19-7-8-20(21-5-4-6-23-29(21)47(2)46-32(23)42)28(43-19)25(13-16-11-17(35)14-18(36)12-16)44-26(49)15-48-31-27(30(45-48)34(39,40)41)22-9-10-24(22)33(31,37)38/h3-8,11-12,14,22,24-25H,1,9-10,13,15H2,2H3,(H2,42,46)(H,44,49)/t22-,24+,25-/m0/s1. The molecule has 0 unspecified atom stereocenters. The second-order valence-corrected chi connectivity index (χ2v) is 12.4. The number of amides is 1. The lowest BCUT2D eigenvalue weighted by molar-refractivity contribution is -0.144. The van der Waals surface area contributed by atoms with Crippen LogP contribution < -0.4 is 11.1 Å². The van der Waals surface area contributed by atoms with Crippen molar-refractivity contribution in [2.75, 3.05) is 5.73 Å². The van der Waals surface area contributed by atoms with Gasteiger partial charge < -0.3 is 11.1 Å². The number of nitrogens with one attached hydrogen (secondary N) is 1. The number of para-hydroxylation sites is 1. The Labute approximate surface area is 274 Å². The normalized spacial score (nSPS) is 18.5. The number of rotatable bonds is 8. The van der Waals surface area contributed by atoms with Crippen molar-refractivity contribution in [2.45, 2.75) is 49.9 Å². The molecule has 0 spiro atoms. The number of pyridine rings is 1. The zero-order chi connectivity index (χ0) is 35.0. The lowest BCUT2D eigenvalue weighted by Crippen LogP contribution is -2.36. The van der Waals surface area contributed by atoms with Crippen molar-refractivity contribution < 1.29 is 35.5 Å². The van der Waals surface area contributed by atoms with E-state index >= 15 is 8.78 Å². The molecule has 5 aromatic rings. The minimum Gasteiger partial charge on any atom is -0.382 e. The summed E-state index contributed by atoms with van der Waals surface area (Å²) in [6.45, 7) is 2.78. The lowest BCUT2D eigenvalue weighted by Gasteiger charge is -2.34. The topological polar surface area (TPSA) is 104 Å². The van der Waals surface area contributed by atoms with E-state index in [2.05, 4.69) is 27.1 Å². The van der Waals surface area contributed by atoms with Gasteiger partial charge in [-0.15, -0.1) is 0 Å². The fourth-order valence-corrected chi connectivity index (χ4v) is 7.19. The summed E-state index contributed by atoms with van der Waals surface area (Å²) in [6.07, 6.45) is -3.61. The number of hydrogen-bond acceptors (Lipinski definition) is 5. The summed E-state index contributed by atoms with van der Waals surface area (Å²) >= 11 is 0. The number of carbonyl (C=O) groups is 1. The monoisotopic (exact) mass is 683 g/mol. The number of nitrogens with zero attached hydrogens (tertiary/aromatic N) is 5. The first-order valence-corrected chi connectivity index (χ1v) is 15.3. The Kier molecular flexibility index (Phi) is 7.56. The molecule has 8 nitrogen and oxygen atoms in total. The number of aryl methyl sites for hydroxylation is 1. The molecule has 1 fully saturated rings. The molecule has 3 atom stereocenters. The van der Waals surface area contributed by atoms with E-state index in [-0.39, 0.29) is 36.3 Å². The van der Waals surface area contributed by atoms with E-state index in [1.807, 2.05) is 0 Å². The third-order valence-electron chi connectivity index (χ3n) is 9.34.